The van der Waals surface area contributed by atoms with Crippen molar-refractivity contribution in [2.45, 2.75) is 44.9 Å². The van der Waals surface area contributed by atoms with Crippen LogP contribution in [-0.2, 0) is 6.42 Å². The van der Waals surface area contributed by atoms with Crippen LogP contribution in [0.5, 0.6) is 5.75 Å². The fourth-order valence-corrected chi connectivity index (χ4v) is 2.40. The third kappa shape index (κ3) is 3.86. The summed E-state index contributed by atoms with van der Waals surface area (Å²) >= 11 is 0. The van der Waals surface area contributed by atoms with Gasteiger partial charge in [0.1, 0.15) is 5.75 Å². The van der Waals surface area contributed by atoms with E-state index in [1.807, 2.05) is 25.1 Å². The number of halogens is 3. The Bertz CT molecular complexity index is 445. The Balaban J connectivity index is 1.98. The van der Waals surface area contributed by atoms with Gasteiger partial charge >= 0.3 is 6.18 Å². The molecule has 19 heavy (non-hydrogen) atoms. The summed E-state index contributed by atoms with van der Waals surface area (Å²) in [6.07, 6.45) is -4.07. The van der Waals surface area contributed by atoms with Crippen LogP contribution in [0.25, 0.3) is 0 Å². The molecule has 1 N–H and O–H groups in total. The lowest BCUT2D eigenvalue weighted by Crippen LogP contribution is -2.33. The minimum atomic E-state index is -4.13. The second kappa shape index (κ2) is 5.41. The average Bonchev–Trinajstić information content (AvgIpc) is 2.72. The first-order valence-corrected chi connectivity index (χ1v) is 6.43. The molecule has 5 heteroatoms. The average molecular weight is 273 g/mol. The van der Waals surface area contributed by atoms with Gasteiger partial charge in [0.25, 0.3) is 0 Å². The Morgan fingerprint density at radius 2 is 2.05 bits per heavy atom. The summed E-state index contributed by atoms with van der Waals surface area (Å²) in [6, 6.07) is 5.11. The highest BCUT2D eigenvalue weighted by molar-refractivity contribution is 5.40. The molecule has 1 aliphatic heterocycles. The Kier molecular flexibility index (Phi) is 4.04. The van der Waals surface area contributed by atoms with Crippen molar-refractivity contribution in [3.05, 3.63) is 29.3 Å². The van der Waals surface area contributed by atoms with Gasteiger partial charge in [0.15, 0.2) is 0 Å². The predicted octanol–water partition coefficient (Wildman–Crippen LogP) is 3.61. The second-order valence-electron chi connectivity index (χ2n) is 5.07. The van der Waals surface area contributed by atoms with E-state index in [0.29, 0.717) is 6.61 Å². The van der Waals surface area contributed by atoms with Crippen LogP contribution in [0.2, 0.25) is 0 Å². The zero-order valence-corrected chi connectivity index (χ0v) is 11.1. The number of hydrogen-bond acceptors (Lipinski definition) is 2. The molecule has 0 amide bonds. The van der Waals surface area contributed by atoms with E-state index in [1.54, 1.807) is 6.92 Å². The van der Waals surface area contributed by atoms with Crippen LogP contribution in [0.3, 0.4) is 0 Å². The van der Waals surface area contributed by atoms with Crippen molar-refractivity contribution in [2.24, 2.45) is 0 Å². The molecule has 2 unspecified atom stereocenters. The summed E-state index contributed by atoms with van der Waals surface area (Å²) < 4.78 is 42.3. The molecule has 1 aromatic carbocycles. The fourth-order valence-electron chi connectivity index (χ4n) is 2.40. The summed E-state index contributed by atoms with van der Waals surface area (Å²) in [4.78, 5) is 0. The molecular formula is C14H18F3NO. The third-order valence-corrected chi connectivity index (χ3v) is 3.29. The second-order valence-corrected chi connectivity index (χ2v) is 5.07. The molecule has 1 heterocycles. The first-order chi connectivity index (χ1) is 8.85. The zero-order chi connectivity index (χ0) is 14.0. The number of rotatable bonds is 4. The smallest absolute Gasteiger partial charge is 0.390 e. The lowest BCUT2D eigenvalue weighted by Gasteiger charge is -2.21. The molecule has 0 aromatic heterocycles. The molecule has 0 spiro atoms. The molecule has 0 fully saturated rings. The van der Waals surface area contributed by atoms with Crippen molar-refractivity contribution in [3.8, 4) is 5.75 Å². The van der Waals surface area contributed by atoms with Crippen molar-refractivity contribution >= 4 is 0 Å². The third-order valence-electron chi connectivity index (χ3n) is 3.29. The lowest BCUT2D eigenvalue weighted by atomic mass is 10.0. The van der Waals surface area contributed by atoms with Crippen molar-refractivity contribution in [3.63, 3.8) is 0 Å². The van der Waals surface area contributed by atoms with Crippen LogP contribution in [0, 0.1) is 0 Å². The van der Waals surface area contributed by atoms with Crippen LogP contribution in [0.1, 0.15) is 37.4 Å². The predicted molar refractivity (Wildman–Crippen MR) is 67.3 cm³/mol. The van der Waals surface area contributed by atoms with Gasteiger partial charge in [-0.15, -0.1) is 0 Å². The van der Waals surface area contributed by atoms with Gasteiger partial charge in [0.2, 0.25) is 0 Å². The van der Waals surface area contributed by atoms with E-state index in [0.717, 1.165) is 23.3 Å². The van der Waals surface area contributed by atoms with Crippen LogP contribution in [0.15, 0.2) is 18.2 Å². The van der Waals surface area contributed by atoms with Crippen LogP contribution in [0.4, 0.5) is 13.2 Å². The summed E-state index contributed by atoms with van der Waals surface area (Å²) in [6.45, 7) is 4.12. The van der Waals surface area contributed by atoms with Gasteiger partial charge in [-0.2, -0.15) is 13.2 Å². The summed E-state index contributed by atoms with van der Waals surface area (Å²) in [7, 11) is 0. The first-order valence-electron chi connectivity index (χ1n) is 6.43. The number of nitrogens with one attached hydrogen (secondary N) is 1. The quantitative estimate of drug-likeness (QED) is 0.904. The Hall–Kier alpha value is -1.23. The van der Waals surface area contributed by atoms with Crippen LogP contribution < -0.4 is 10.1 Å². The number of ether oxygens (including phenoxy) is 1. The van der Waals surface area contributed by atoms with Gasteiger partial charge in [-0.05, 0) is 31.0 Å². The van der Waals surface area contributed by atoms with Crippen molar-refractivity contribution in [2.75, 3.05) is 6.61 Å². The normalized spacial score (nSPS) is 17.7. The largest absolute Gasteiger partial charge is 0.493 e. The monoisotopic (exact) mass is 273 g/mol. The van der Waals surface area contributed by atoms with E-state index < -0.39 is 18.6 Å². The Morgan fingerprint density at radius 3 is 2.74 bits per heavy atom. The minimum Gasteiger partial charge on any atom is -0.493 e. The maximum Gasteiger partial charge on any atom is 0.390 e. The number of hydrogen-bond donors (Lipinski definition) is 1. The molecule has 1 aliphatic rings. The number of fused-ring (bicyclic) bond motifs is 1. The highest BCUT2D eigenvalue weighted by Gasteiger charge is 2.30. The SMILES string of the molecule is CC(CC(F)(F)F)NC(C)c1ccc2c(c1)CCO2. The van der Waals surface area contributed by atoms with Gasteiger partial charge < -0.3 is 10.1 Å². The molecule has 106 valence electrons. The molecule has 0 bridgehead atoms. The Morgan fingerprint density at radius 1 is 1.32 bits per heavy atom. The first kappa shape index (κ1) is 14.2. The summed E-state index contributed by atoms with van der Waals surface area (Å²) in [5.74, 6) is 0.888. The van der Waals surface area contributed by atoms with Gasteiger partial charge in [0, 0.05) is 18.5 Å². The maximum atomic E-state index is 12.3. The molecule has 1 aromatic rings. The molecule has 0 saturated heterocycles. The number of benzene rings is 1. The molecular weight excluding hydrogens is 255 g/mol. The van der Waals surface area contributed by atoms with Gasteiger partial charge in [-0.1, -0.05) is 12.1 Å². The molecule has 2 atom stereocenters. The topological polar surface area (TPSA) is 21.3 Å². The zero-order valence-electron chi connectivity index (χ0n) is 11.1. The maximum absolute atomic E-state index is 12.3. The highest BCUT2D eigenvalue weighted by atomic mass is 19.4. The molecule has 0 radical (unpaired) electrons. The van der Waals surface area contributed by atoms with E-state index in [2.05, 4.69) is 5.32 Å². The highest BCUT2D eigenvalue weighted by Crippen LogP contribution is 2.29. The van der Waals surface area contributed by atoms with E-state index >= 15 is 0 Å². The summed E-state index contributed by atoms with van der Waals surface area (Å²) in [5, 5.41) is 2.98. The van der Waals surface area contributed by atoms with Crippen molar-refractivity contribution < 1.29 is 17.9 Å². The van der Waals surface area contributed by atoms with Crippen LogP contribution in [-0.4, -0.2) is 18.8 Å². The van der Waals surface area contributed by atoms with E-state index in [4.69, 9.17) is 4.74 Å². The molecule has 0 saturated carbocycles. The van der Waals surface area contributed by atoms with Crippen LogP contribution >= 0.6 is 0 Å². The summed E-state index contributed by atoms with van der Waals surface area (Å²) in [5.41, 5.74) is 2.13. The van der Waals surface area contributed by atoms with Crippen molar-refractivity contribution in [1.29, 1.82) is 0 Å². The van der Waals surface area contributed by atoms with Gasteiger partial charge in [0.05, 0.1) is 13.0 Å². The van der Waals surface area contributed by atoms with E-state index in [9.17, 15) is 13.2 Å². The molecule has 0 aliphatic carbocycles. The standard InChI is InChI=1S/C14H18F3NO/c1-9(8-14(15,16)17)18-10(2)11-3-4-13-12(7-11)5-6-19-13/h3-4,7,9-10,18H,5-6,8H2,1-2H3. The fraction of sp³-hybridized carbons (Fsp3) is 0.571. The van der Waals surface area contributed by atoms with Gasteiger partial charge in [-0.25, -0.2) is 0 Å². The number of alkyl halides is 3. The van der Waals surface area contributed by atoms with E-state index in [-0.39, 0.29) is 6.04 Å². The molecule has 2 rings (SSSR count). The minimum absolute atomic E-state index is 0.108. The molecule has 2 nitrogen and oxygen atoms in total. The van der Waals surface area contributed by atoms with E-state index in [1.165, 1.54) is 0 Å². The lowest BCUT2D eigenvalue weighted by molar-refractivity contribution is -0.139. The van der Waals surface area contributed by atoms with Crippen molar-refractivity contribution in [1.82, 2.24) is 5.32 Å². The Labute approximate surface area is 111 Å². The van der Waals surface area contributed by atoms with Gasteiger partial charge in [-0.3, -0.25) is 0 Å².